The van der Waals surface area contributed by atoms with E-state index in [0.717, 1.165) is 45.5 Å². The first-order valence-corrected chi connectivity index (χ1v) is 8.38. The molecule has 3 aromatic heterocycles. The van der Waals surface area contributed by atoms with Crippen LogP contribution in [0.4, 0.5) is 10.2 Å². The first-order valence-electron chi connectivity index (χ1n) is 8.38. The third-order valence-corrected chi connectivity index (χ3v) is 4.24. The molecule has 0 spiro atoms. The minimum absolute atomic E-state index is 0.215. The van der Waals surface area contributed by atoms with Crippen LogP contribution in [-0.4, -0.2) is 19.9 Å². The second-order valence-corrected chi connectivity index (χ2v) is 6.32. The lowest BCUT2D eigenvalue weighted by Gasteiger charge is -2.08. The molecule has 0 saturated heterocycles. The summed E-state index contributed by atoms with van der Waals surface area (Å²) in [6.07, 6.45) is 7.91. The number of benzene rings is 1. The number of hydrogen-bond donors (Lipinski definition) is 2. The van der Waals surface area contributed by atoms with Crippen molar-refractivity contribution in [3.05, 3.63) is 83.3 Å². The molecule has 130 valence electrons. The summed E-state index contributed by atoms with van der Waals surface area (Å²) in [7, 11) is 0. The molecule has 6 heteroatoms. The highest BCUT2D eigenvalue weighted by atomic mass is 19.1. The molecule has 26 heavy (non-hydrogen) atoms. The van der Waals surface area contributed by atoms with Gasteiger partial charge in [0, 0.05) is 36.9 Å². The van der Waals surface area contributed by atoms with Crippen molar-refractivity contribution in [2.75, 3.05) is 5.32 Å². The van der Waals surface area contributed by atoms with Gasteiger partial charge in [0.1, 0.15) is 23.6 Å². The van der Waals surface area contributed by atoms with E-state index in [0.29, 0.717) is 6.54 Å². The lowest BCUT2D eigenvalue weighted by molar-refractivity contribution is 0.624. The monoisotopic (exact) mass is 347 g/mol. The summed E-state index contributed by atoms with van der Waals surface area (Å²) in [5.74, 6) is 0.547. The van der Waals surface area contributed by atoms with Gasteiger partial charge in [0.05, 0.1) is 0 Å². The van der Waals surface area contributed by atoms with Crippen molar-refractivity contribution < 1.29 is 4.39 Å². The second kappa shape index (κ2) is 6.92. The SMILES string of the molecule is Cc1cc(F)cc(CNc2ccc(Cc3c[nH]c4ncncc34)cn2)c1. The molecule has 2 N–H and O–H groups in total. The first-order chi connectivity index (χ1) is 12.7. The number of hydrogen-bond acceptors (Lipinski definition) is 4. The third kappa shape index (κ3) is 3.54. The second-order valence-electron chi connectivity index (χ2n) is 6.32. The van der Waals surface area contributed by atoms with Gasteiger partial charge in [-0.3, -0.25) is 0 Å². The topological polar surface area (TPSA) is 66.5 Å². The van der Waals surface area contributed by atoms with Crippen molar-refractivity contribution >= 4 is 16.9 Å². The van der Waals surface area contributed by atoms with E-state index in [2.05, 4.69) is 25.3 Å². The average Bonchev–Trinajstić information content (AvgIpc) is 3.04. The molecule has 4 aromatic rings. The Morgan fingerprint density at radius 2 is 2.00 bits per heavy atom. The highest BCUT2D eigenvalue weighted by molar-refractivity contribution is 5.78. The molecule has 0 saturated carbocycles. The molecule has 5 nitrogen and oxygen atoms in total. The van der Waals surface area contributed by atoms with Crippen molar-refractivity contribution in [1.29, 1.82) is 0 Å². The van der Waals surface area contributed by atoms with Gasteiger partial charge in [0.25, 0.3) is 0 Å². The van der Waals surface area contributed by atoms with Crippen LogP contribution in [0.1, 0.15) is 22.3 Å². The first kappa shape index (κ1) is 16.2. The standard InChI is InChI=1S/C20H18FN5/c1-13-4-15(7-17(21)5-13)9-24-19-3-2-14(8-23-19)6-16-10-25-20-18(16)11-22-12-26-20/h2-5,7-8,10-12H,6,9H2,1H3,(H,23,24)(H,22,25,26). The molecule has 1 aromatic carbocycles. The maximum atomic E-state index is 13.4. The number of halogens is 1. The maximum Gasteiger partial charge on any atom is 0.140 e. The van der Waals surface area contributed by atoms with Crippen LogP contribution in [0.2, 0.25) is 0 Å². The number of aromatic amines is 1. The lowest BCUT2D eigenvalue weighted by atomic mass is 10.1. The van der Waals surface area contributed by atoms with Crippen LogP contribution in [0.3, 0.4) is 0 Å². The van der Waals surface area contributed by atoms with Gasteiger partial charge in [-0.1, -0.05) is 12.1 Å². The van der Waals surface area contributed by atoms with Crippen LogP contribution in [0.5, 0.6) is 0 Å². The van der Waals surface area contributed by atoms with Crippen molar-refractivity contribution in [2.45, 2.75) is 19.9 Å². The van der Waals surface area contributed by atoms with E-state index in [1.54, 1.807) is 0 Å². The van der Waals surface area contributed by atoms with Crippen LogP contribution >= 0.6 is 0 Å². The van der Waals surface area contributed by atoms with Gasteiger partial charge >= 0.3 is 0 Å². The van der Waals surface area contributed by atoms with Crippen molar-refractivity contribution in [3.63, 3.8) is 0 Å². The van der Waals surface area contributed by atoms with E-state index < -0.39 is 0 Å². The zero-order valence-corrected chi connectivity index (χ0v) is 14.3. The molecule has 3 heterocycles. The molecular weight excluding hydrogens is 329 g/mol. The van der Waals surface area contributed by atoms with Gasteiger partial charge in [-0.25, -0.2) is 19.3 Å². The fraction of sp³-hybridized carbons (Fsp3) is 0.150. The van der Waals surface area contributed by atoms with Crippen molar-refractivity contribution in [2.24, 2.45) is 0 Å². The molecule has 4 rings (SSSR count). The minimum Gasteiger partial charge on any atom is -0.366 e. The molecule has 0 bridgehead atoms. The number of pyridine rings is 1. The Balaban J connectivity index is 1.43. The Bertz CT molecular complexity index is 1020. The van der Waals surface area contributed by atoms with Crippen LogP contribution in [0, 0.1) is 12.7 Å². The molecule has 0 amide bonds. The number of aromatic nitrogens is 4. The van der Waals surface area contributed by atoms with Gasteiger partial charge in [-0.05, 0) is 47.4 Å². The largest absolute Gasteiger partial charge is 0.366 e. The number of nitrogens with zero attached hydrogens (tertiary/aromatic N) is 3. The van der Waals surface area contributed by atoms with Gasteiger partial charge in [-0.15, -0.1) is 0 Å². The fourth-order valence-corrected chi connectivity index (χ4v) is 3.02. The van der Waals surface area contributed by atoms with E-state index in [1.165, 1.54) is 18.5 Å². The summed E-state index contributed by atoms with van der Waals surface area (Å²) >= 11 is 0. The predicted molar refractivity (Wildman–Crippen MR) is 99.4 cm³/mol. The van der Waals surface area contributed by atoms with Crippen molar-refractivity contribution in [3.8, 4) is 0 Å². The summed E-state index contributed by atoms with van der Waals surface area (Å²) in [4.78, 5) is 15.9. The Hall–Kier alpha value is -3.28. The highest BCUT2D eigenvalue weighted by Crippen LogP contribution is 2.19. The average molecular weight is 347 g/mol. The highest BCUT2D eigenvalue weighted by Gasteiger charge is 2.06. The Kier molecular flexibility index (Phi) is 4.31. The molecular formula is C20H18FN5. The van der Waals surface area contributed by atoms with Crippen LogP contribution in [-0.2, 0) is 13.0 Å². The summed E-state index contributed by atoms with van der Waals surface area (Å²) in [6, 6.07) is 8.99. The zero-order valence-electron chi connectivity index (χ0n) is 14.3. The summed E-state index contributed by atoms with van der Waals surface area (Å²) in [5.41, 5.74) is 4.88. The minimum atomic E-state index is -0.215. The molecule has 0 aliphatic heterocycles. The van der Waals surface area contributed by atoms with E-state index in [4.69, 9.17) is 0 Å². The summed E-state index contributed by atoms with van der Waals surface area (Å²) in [5, 5.41) is 4.25. The number of nitrogens with one attached hydrogen (secondary N) is 2. The quantitative estimate of drug-likeness (QED) is 0.573. The Labute approximate surface area is 150 Å². The van der Waals surface area contributed by atoms with E-state index in [-0.39, 0.29) is 5.82 Å². The molecule has 0 aliphatic rings. The van der Waals surface area contributed by atoms with E-state index in [9.17, 15) is 4.39 Å². The number of rotatable bonds is 5. The molecule has 0 atom stereocenters. The number of anilines is 1. The van der Waals surface area contributed by atoms with Crippen LogP contribution in [0.15, 0.2) is 55.2 Å². The normalized spacial score (nSPS) is 11.0. The predicted octanol–water partition coefficient (Wildman–Crippen LogP) is 4.00. The molecule has 0 aliphatic carbocycles. The third-order valence-electron chi connectivity index (χ3n) is 4.24. The van der Waals surface area contributed by atoms with Gasteiger partial charge in [0.2, 0.25) is 0 Å². The smallest absolute Gasteiger partial charge is 0.140 e. The Morgan fingerprint density at radius 3 is 2.81 bits per heavy atom. The lowest BCUT2D eigenvalue weighted by Crippen LogP contribution is -2.02. The van der Waals surface area contributed by atoms with Gasteiger partial charge in [-0.2, -0.15) is 0 Å². The van der Waals surface area contributed by atoms with Crippen LogP contribution < -0.4 is 5.32 Å². The van der Waals surface area contributed by atoms with Crippen molar-refractivity contribution in [1.82, 2.24) is 19.9 Å². The molecule has 0 fully saturated rings. The Morgan fingerprint density at radius 1 is 1.08 bits per heavy atom. The summed E-state index contributed by atoms with van der Waals surface area (Å²) < 4.78 is 13.4. The maximum absolute atomic E-state index is 13.4. The number of aryl methyl sites for hydroxylation is 1. The number of H-pyrrole nitrogens is 1. The van der Waals surface area contributed by atoms with Gasteiger partial charge in [0.15, 0.2) is 0 Å². The zero-order chi connectivity index (χ0) is 17.9. The van der Waals surface area contributed by atoms with Gasteiger partial charge < -0.3 is 10.3 Å². The van der Waals surface area contributed by atoms with E-state index >= 15 is 0 Å². The molecule has 0 unspecified atom stereocenters. The summed E-state index contributed by atoms with van der Waals surface area (Å²) in [6.45, 7) is 2.42. The number of fused-ring (bicyclic) bond motifs is 1. The van der Waals surface area contributed by atoms with Crippen LogP contribution in [0.25, 0.3) is 11.0 Å². The molecule has 0 radical (unpaired) electrons. The fourth-order valence-electron chi connectivity index (χ4n) is 3.02. The van der Waals surface area contributed by atoms with E-state index in [1.807, 2.05) is 43.7 Å².